The number of aryl methyl sites for hydroxylation is 2. The van der Waals surface area contributed by atoms with Gasteiger partial charge in [-0.05, 0) is 43.5 Å². The molecule has 0 fully saturated rings. The topological polar surface area (TPSA) is 94.6 Å². The van der Waals surface area contributed by atoms with Crippen molar-refractivity contribution in [1.29, 1.82) is 0 Å². The maximum Gasteiger partial charge on any atom is 0.295 e. The highest BCUT2D eigenvalue weighted by atomic mass is 16.5. The quantitative estimate of drug-likeness (QED) is 0.458. The lowest BCUT2D eigenvalue weighted by Gasteiger charge is -2.12. The number of carbonyl (C=O) groups excluding carboxylic acids is 1. The van der Waals surface area contributed by atoms with Gasteiger partial charge >= 0.3 is 0 Å². The van der Waals surface area contributed by atoms with Gasteiger partial charge in [-0.15, -0.1) is 10.2 Å². The molecule has 32 heavy (non-hydrogen) atoms. The zero-order valence-electron chi connectivity index (χ0n) is 19.3. The SMILES string of the molecule is COc1cc(C(=O)N=Nc2c(O)n(CCC(C)C)c3ccc(C)cc23)cc(OC)c1OC. The number of ether oxygens (including phenoxy) is 3. The molecule has 1 aromatic heterocycles. The lowest BCUT2D eigenvalue weighted by molar-refractivity contribution is 0.0994. The Labute approximate surface area is 187 Å². The van der Waals surface area contributed by atoms with Crippen molar-refractivity contribution < 1.29 is 24.1 Å². The smallest absolute Gasteiger partial charge is 0.295 e. The van der Waals surface area contributed by atoms with E-state index in [0.29, 0.717) is 29.7 Å². The Morgan fingerprint density at radius 3 is 2.28 bits per heavy atom. The third-order valence-corrected chi connectivity index (χ3v) is 5.25. The minimum absolute atomic E-state index is 0.00677. The molecule has 0 atom stereocenters. The average Bonchev–Trinajstić information content (AvgIpc) is 3.04. The van der Waals surface area contributed by atoms with Crippen LogP contribution in [0.4, 0.5) is 5.69 Å². The first-order valence-corrected chi connectivity index (χ1v) is 10.4. The van der Waals surface area contributed by atoms with Gasteiger partial charge in [-0.1, -0.05) is 25.5 Å². The van der Waals surface area contributed by atoms with E-state index in [1.54, 1.807) is 0 Å². The Bertz CT molecular complexity index is 1140. The molecule has 0 saturated carbocycles. The highest BCUT2D eigenvalue weighted by Gasteiger charge is 2.19. The molecule has 1 heterocycles. The number of aromatic hydroxyl groups is 1. The van der Waals surface area contributed by atoms with Gasteiger partial charge in [-0.25, -0.2) is 0 Å². The van der Waals surface area contributed by atoms with Gasteiger partial charge in [0.05, 0.1) is 32.4 Å². The van der Waals surface area contributed by atoms with Crippen LogP contribution in [0.1, 0.15) is 36.2 Å². The molecule has 0 spiro atoms. The summed E-state index contributed by atoms with van der Waals surface area (Å²) in [5.74, 6) is 0.934. The van der Waals surface area contributed by atoms with Gasteiger partial charge < -0.3 is 23.9 Å². The predicted octanol–water partition coefficient (Wildman–Crippen LogP) is 5.65. The molecule has 0 bridgehead atoms. The van der Waals surface area contributed by atoms with Crippen LogP contribution >= 0.6 is 0 Å². The Morgan fingerprint density at radius 2 is 1.72 bits per heavy atom. The molecule has 0 aliphatic heterocycles. The molecule has 2 aromatic carbocycles. The van der Waals surface area contributed by atoms with Crippen LogP contribution in [0, 0.1) is 12.8 Å². The highest BCUT2D eigenvalue weighted by Crippen LogP contribution is 2.41. The van der Waals surface area contributed by atoms with E-state index in [1.807, 2.05) is 29.7 Å². The summed E-state index contributed by atoms with van der Waals surface area (Å²) in [6.07, 6.45) is 0.895. The number of amides is 1. The highest BCUT2D eigenvalue weighted by molar-refractivity contribution is 5.98. The molecule has 3 aromatic rings. The molecule has 8 nitrogen and oxygen atoms in total. The van der Waals surface area contributed by atoms with Gasteiger partial charge in [0.15, 0.2) is 17.2 Å². The second kappa shape index (κ2) is 9.72. The zero-order valence-corrected chi connectivity index (χ0v) is 19.3. The number of aromatic nitrogens is 1. The fourth-order valence-electron chi connectivity index (χ4n) is 3.51. The lowest BCUT2D eigenvalue weighted by Crippen LogP contribution is -2.00. The Kier molecular flexibility index (Phi) is 7.02. The van der Waals surface area contributed by atoms with Crippen molar-refractivity contribution in [2.75, 3.05) is 21.3 Å². The lowest BCUT2D eigenvalue weighted by atomic mass is 10.1. The number of carbonyl (C=O) groups is 1. The van der Waals surface area contributed by atoms with Crippen LogP contribution in [0.3, 0.4) is 0 Å². The molecule has 3 rings (SSSR count). The predicted molar refractivity (Wildman–Crippen MR) is 123 cm³/mol. The molecule has 0 radical (unpaired) electrons. The van der Waals surface area contributed by atoms with E-state index in [9.17, 15) is 9.90 Å². The minimum Gasteiger partial charge on any atom is -0.493 e. The number of fused-ring (bicyclic) bond motifs is 1. The summed E-state index contributed by atoms with van der Waals surface area (Å²) in [7, 11) is 4.43. The summed E-state index contributed by atoms with van der Waals surface area (Å²) >= 11 is 0. The Hall–Kier alpha value is -3.55. The van der Waals surface area contributed by atoms with Gasteiger partial charge in [-0.3, -0.25) is 4.79 Å². The number of benzene rings is 2. The number of azo groups is 1. The van der Waals surface area contributed by atoms with Crippen LogP contribution in [0.25, 0.3) is 10.9 Å². The molecule has 0 aliphatic carbocycles. The van der Waals surface area contributed by atoms with Crippen molar-refractivity contribution in [3.8, 4) is 23.1 Å². The average molecular weight is 440 g/mol. The van der Waals surface area contributed by atoms with E-state index in [-0.39, 0.29) is 17.1 Å². The Balaban J connectivity index is 2.02. The number of hydrogen-bond acceptors (Lipinski definition) is 6. The first-order valence-electron chi connectivity index (χ1n) is 10.4. The number of rotatable bonds is 8. The summed E-state index contributed by atoms with van der Waals surface area (Å²) in [6, 6.07) is 8.89. The van der Waals surface area contributed by atoms with Gasteiger partial charge in [0.25, 0.3) is 5.91 Å². The van der Waals surface area contributed by atoms with E-state index in [1.165, 1.54) is 33.5 Å². The third-order valence-electron chi connectivity index (χ3n) is 5.25. The summed E-state index contributed by atoms with van der Waals surface area (Å²) in [5.41, 5.74) is 2.37. The zero-order chi connectivity index (χ0) is 23.4. The van der Waals surface area contributed by atoms with E-state index in [4.69, 9.17) is 14.2 Å². The molecular weight excluding hydrogens is 410 g/mol. The Morgan fingerprint density at radius 1 is 1.06 bits per heavy atom. The molecule has 0 saturated heterocycles. The van der Waals surface area contributed by atoms with Gasteiger partial charge in [-0.2, -0.15) is 0 Å². The van der Waals surface area contributed by atoms with E-state index in [0.717, 1.165) is 22.9 Å². The fraction of sp³-hybridized carbons (Fsp3) is 0.375. The summed E-state index contributed by atoms with van der Waals surface area (Å²) in [4.78, 5) is 12.8. The van der Waals surface area contributed by atoms with Crippen LogP contribution in [0.15, 0.2) is 40.6 Å². The molecule has 1 N–H and O–H groups in total. The maximum atomic E-state index is 12.8. The molecule has 0 unspecified atom stereocenters. The molecule has 1 amide bonds. The van der Waals surface area contributed by atoms with Crippen molar-refractivity contribution in [3.63, 3.8) is 0 Å². The van der Waals surface area contributed by atoms with Gasteiger partial charge in [0.1, 0.15) is 0 Å². The number of methoxy groups -OCH3 is 3. The fourth-order valence-corrected chi connectivity index (χ4v) is 3.51. The molecule has 0 aliphatic rings. The second-order valence-electron chi connectivity index (χ2n) is 7.95. The number of hydrogen-bond donors (Lipinski definition) is 1. The van der Waals surface area contributed by atoms with Gasteiger partial charge in [0.2, 0.25) is 11.6 Å². The standard InChI is InChI=1S/C24H29N3O5/c1-14(2)9-10-27-18-8-7-15(3)11-17(18)21(24(27)29)25-26-23(28)16-12-19(30-4)22(32-6)20(13-16)31-5/h7-8,11-14,29H,9-10H2,1-6H3. The number of nitrogens with zero attached hydrogens (tertiary/aromatic N) is 3. The minimum atomic E-state index is -0.598. The van der Waals surface area contributed by atoms with E-state index < -0.39 is 5.91 Å². The van der Waals surface area contributed by atoms with Gasteiger partial charge in [0, 0.05) is 11.9 Å². The second-order valence-corrected chi connectivity index (χ2v) is 7.95. The normalized spacial score (nSPS) is 11.5. The van der Waals surface area contributed by atoms with E-state index >= 15 is 0 Å². The first kappa shape index (κ1) is 23.1. The summed E-state index contributed by atoms with van der Waals surface area (Å²) in [5, 5.41) is 19.6. The third kappa shape index (κ3) is 4.54. The van der Waals surface area contributed by atoms with Crippen LogP contribution in [-0.2, 0) is 6.54 Å². The van der Waals surface area contributed by atoms with Crippen molar-refractivity contribution in [2.45, 2.75) is 33.7 Å². The molecule has 8 heteroatoms. The monoisotopic (exact) mass is 439 g/mol. The van der Waals surface area contributed by atoms with Crippen LogP contribution in [0.2, 0.25) is 0 Å². The van der Waals surface area contributed by atoms with Crippen LogP contribution in [-0.4, -0.2) is 36.9 Å². The molecule has 170 valence electrons. The van der Waals surface area contributed by atoms with Crippen LogP contribution < -0.4 is 14.2 Å². The maximum absolute atomic E-state index is 12.8. The van der Waals surface area contributed by atoms with Crippen molar-refractivity contribution >= 4 is 22.5 Å². The summed E-state index contributed by atoms with van der Waals surface area (Å²) < 4.78 is 17.7. The molecular formula is C24H29N3O5. The summed E-state index contributed by atoms with van der Waals surface area (Å²) in [6.45, 7) is 6.86. The van der Waals surface area contributed by atoms with E-state index in [2.05, 4.69) is 24.1 Å². The largest absolute Gasteiger partial charge is 0.493 e. The first-order chi connectivity index (χ1) is 15.3. The van der Waals surface area contributed by atoms with Crippen molar-refractivity contribution in [3.05, 3.63) is 41.5 Å². The van der Waals surface area contributed by atoms with Crippen molar-refractivity contribution in [2.24, 2.45) is 16.1 Å². The van der Waals surface area contributed by atoms with Crippen LogP contribution in [0.5, 0.6) is 23.1 Å². The van der Waals surface area contributed by atoms with Crippen molar-refractivity contribution in [1.82, 2.24) is 4.57 Å².